The van der Waals surface area contributed by atoms with Crippen LogP contribution in [0.15, 0.2) is 78.9 Å². The molecule has 0 fully saturated rings. The van der Waals surface area contributed by atoms with Crippen molar-refractivity contribution < 1.29 is 0 Å². The maximum Gasteiger partial charge on any atom is 0.108 e. The molecule has 1 heterocycles. The molecular weight excluding hydrogens is 304 g/mol. The number of fused-ring (bicyclic) bond motifs is 1. The van der Waals surface area contributed by atoms with Gasteiger partial charge in [-0.3, -0.25) is 0 Å². The number of nitrogens with zero attached hydrogens (tertiary/aromatic N) is 2. The van der Waals surface area contributed by atoms with E-state index in [1.165, 1.54) is 28.3 Å². The second kappa shape index (κ2) is 7.43. The first-order valence-electron chi connectivity index (χ1n) is 9.05. The topological polar surface area (TPSA) is 6.48 Å². The molecular formula is C23H26N2. The van der Waals surface area contributed by atoms with Crippen LogP contribution in [0.2, 0.25) is 0 Å². The van der Waals surface area contributed by atoms with Gasteiger partial charge in [0.05, 0.1) is 11.4 Å². The average molecular weight is 330 g/mol. The van der Waals surface area contributed by atoms with E-state index < -0.39 is 0 Å². The van der Waals surface area contributed by atoms with Crippen LogP contribution in [0.1, 0.15) is 26.3 Å². The zero-order valence-electron chi connectivity index (χ0n) is 15.5. The number of anilines is 4. The van der Waals surface area contributed by atoms with Crippen molar-refractivity contribution in [3.8, 4) is 0 Å². The highest BCUT2D eigenvalue weighted by molar-refractivity contribution is 5.88. The Kier molecular flexibility index (Phi) is 5.08. The van der Waals surface area contributed by atoms with Gasteiger partial charge in [0.25, 0.3) is 0 Å². The van der Waals surface area contributed by atoms with E-state index in [0.717, 1.165) is 0 Å². The van der Waals surface area contributed by atoms with Crippen LogP contribution in [-0.4, -0.2) is 6.17 Å². The zero-order valence-corrected chi connectivity index (χ0v) is 15.5. The first-order valence-corrected chi connectivity index (χ1v) is 9.05. The van der Waals surface area contributed by atoms with Crippen molar-refractivity contribution in [3.63, 3.8) is 0 Å². The quantitative estimate of drug-likeness (QED) is 0.518. The zero-order chi connectivity index (χ0) is 17.8. The summed E-state index contributed by atoms with van der Waals surface area (Å²) in [4.78, 5) is 4.83. The summed E-state index contributed by atoms with van der Waals surface area (Å²) in [7, 11) is 0. The summed E-state index contributed by atoms with van der Waals surface area (Å²) in [5.41, 5.74) is 6.31. The predicted octanol–water partition coefficient (Wildman–Crippen LogP) is 6.66. The van der Waals surface area contributed by atoms with E-state index in [1.807, 2.05) is 13.8 Å². The van der Waals surface area contributed by atoms with Gasteiger partial charge in [-0.05, 0) is 49.7 Å². The molecule has 3 aromatic rings. The van der Waals surface area contributed by atoms with Gasteiger partial charge in [0.1, 0.15) is 6.17 Å². The second-order valence-electron chi connectivity index (χ2n) is 5.98. The lowest BCUT2D eigenvalue weighted by Crippen LogP contribution is -2.35. The smallest absolute Gasteiger partial charge is 0.108 e. The molecule has 3 aromatic carbocycles. The van der Waals surface area contributed by atoms with Crippen molar-refractivity contribution in [2.45, 2.75) is 33.9 Å². The molecule has 0 aromatic heterocycles. The predicted molar refractivity (Wildman–Crippen MR) is 109 cm³/mol. The Hall–Kier alpha value is -2.74. The second-order valence-corrected chi connectivity index (χ2v) is 5.98. The van der Waals surface area contributed by atoms with Gasteiger partial charge in [0.15, 0.2) is 0 Å². The van der Waals surface area contributed by atoms with Gasteiger partial charge in [-0.25, -0.2) is 0 Å². The Balaban J connectivity index is 0.000000880. The Morgan fingerprint density at radius 3 is 1.68 bits per heavy atom. The van der Waals surface area contributed by atoms with E-state index in [4.69, 9.17) is 0 Å². The van der Waals surface area contributed by atoms with Crippen molar-refractivity contribution >= 4 is 22.7 Å². The number of rotatable bonds is 2. The highest BCUT2D eigenvalue weighted by atomic mass is 15.4. The summed E-state index contributed by atoms with van der Waals surface area (Å²) in [6.45, 7) is 8.44. The fraction of sp³-hybridized carbons (Fsp3) is 0.217. The van der Waals surface area contributed by atoms with Crippen LogP contribution in [0.25, 0.3) is 0 Å². The molecule has 0 saturated carbocycles. The molecule has 0 radical (unpaired) electrons. The van der Waals surface area contributed by atoms with E-state index in [9.17, 15) is 0 Å². The number of hydrogen-bond acceptors (Lipinski definition) is 2. The third-order valence-electron chi connectivity index (χ3n) is 4.56. The van der Waals surface area contributed by atoms with Gasteiger partial charge in [-0.1, -0.05) is 62.4 Å². The van der Waals surface area contributed by atoms with Gasteiger partial charge in [-0.15, -0.1) is 0 Å². The van der Waals surface area contributed by atoms with Crippen LogP contribution < -0.4 is 9.80 Å². The molecule has 1 unspecified atom stereocenters. The molecule has 0 bridgehead atoms. The lowest BCUT2D eigenvalue weighted by Gasteiger charge is -2.31. The normalized spacial score (nSPS) is 15.4. The number of aryl methyl sites for hydroxylation is 1. The lowest BCUT2D eigenvalue weighted by atomic mass is 10.1. The van der Waals surface area contributed by atoms with Gasteiger partial charge in [0.2, 0.25) is 0 Å². The average Bonchev–Trinajstić information content (AvgIpc) is 2.96. The summed E-state index contributed by atoms with van der Waals surface area (Å²) in [5, 5.41) is 0. The minimum Gasteiger partial charge on any atom is -0.319 e. The molecule has 128 valence electrons. The number of para-hydroxylation sites is 4. The standard InChI is InChI=1S/C21H20N2.C2H6/c1-16-10-6-7-13-19(16)23-17(2)22(18-11-4-3-5-12-18)20-14-8-9-15-21(20)23;1-2/h3-15,17H,1-2H3;1-2H3. The first-order chi connectivity index (χ1) is 12.3. The maximum absolute atomic E-state index is 2.43. The summed E-state index contributed by atoms with van der Waals surface area (Å²) in [6, 6.07) is 27.9. The molecule has 0 spiro atoms. The fourth-order valence-corrected chi connectivity index (χ4v) is 3.50. The fourth-order valence-electron chi connectivity index (χ4n) is 3.50. The molecule has 4 rings (SSSR count). The van der Waals surface area contributed by atoms with E-state index >= 15 is 0 Å². The van der Waals surface area contributed by atoms with Crippen molar-refractivity contribution in [2.24, 2.45) is 0 Å². The summed E-state index contributed by atoms with van der Waals surface area (Å²) in [6.07, 6.45) is 0.232. The van der Waals surface area contributed by atoms with Crippen molar-refractivity contribution in [3.05, 3.63) is 84.4 Å². The molecule has 0 N–H and O–H groups in total. The molecule has 0 amide bonds. The molecule has 0 saturated heterocycles. The van der Waals surface area contributed by atoms with Crippen LogP contribution in [0, 0.1) is 6.92 Å². The van der Waals surface area contributed by atoms with Crippen LogP contribution in [0.3, 0.4) is 0 Å². The van der Waals surface area contributed by atoms with Crippen LogP contribution in [0.4, 0.5) is 22.7 Å². The van der Waals surface area contributed by atoms with Crippen LogP contribution in [-0.2, 0) is 0 Å². The number of benzene rings is 3. The lowest BCUT2D eigenvalue weighted by molar-refractivity contribution is 0.759. The molecule has 2 heteroatoms. The minimum atomic E-state index is 0.232. The molecule has 1 aliphatic heterocycles. The van der Waals surface area contributed by atoms with Crippen molar-refractivity contribution in [1.82, 2.24) is 0 Å². The van der Waals surface area contributed by atoms with Gasteiger partial charge in [0, 0.05) is 11.4 Å². The van der Waals surface area contributed by atoms with E-state index in [2.05, 4.69) is 103 Å². The third kappa shape index (κ3) is 3.00. The van der Waals surface area contributed by atoms with Gasteiger partial charge < -0.3 is 9.80 Å². The van der Waals surface area contributed by atoms with Crippen molar-refractivity contribution in [2.75, 3.05) is 9.80 Å². The van der Waals surface area contributed by atoms with Crippen molar-refractivity contribution in [1.29, 1.82) is 0 Å². The highest BCUT2D eigenvalue weighted by Gasteiger charge is 2.34. The molecule has 0 aliphatic carbocycles. The Bertz CT molecular complexity index is 826. The Morgan fingerprint density at radius 1 is 0.600 bits per heavy atom. The Morgan fingerprint density at radius 2 is 1.08 bits per heavy atom. The van der Waals surface area contributed by atoms with E-state index in [1.54, 1.807) is 0 Å². The highest BCUT2D eigenvalue weighted by Crippen LogP contribution is 2.47. The summed E-state index contributed by atoms with van der Waals surface area (Å²) < 4.78 is 0. The SMILES string of the molecule is CC.Cc1ccccc1N1c2ccccc2N(c2ccccc2)C1C. The molecule has 1 aliphatic rings. The largest absolute Gasteiger partial charge is 0.319 e. The third-order valence-corrected chi connectivity index (χ3v) is 4.56. The van der Waals surface area contributed by atoms with Gasteiger partial charge in [-0.2, -0.15) is 0 Å². The first kappa shape index (κ1) is 17.1. The maximum atomic E-state index is 2.43. The van der Waals surface area contributed by atoms with Crippen LogP contribution >= 0.6 is 0 Å². The number of hydrogen-bond donors (Lipinski definition) is 0. The molecule has 2 nitrogen and oxygen atoms in total. The Labute approximate surface area is 151 Å². The summed E-state index contributed by atoms with van der Waals surface area (Å²) in [5.74, 6) is 0. The van der Waals surface area contributed by atoms with Crippen LogP contribution in [0.5, 0.6) is 0 Å². The molecule has 1 atom stereocenters. The van der Waals surface area contributed by atoms with E-state index in [-0.39, 0.29) is 6.17 Å². The summed E-state index contributed by atoms with van der Waals surface area (Å²) >= 11 is 0. The minimum absolute atomic E-state index is 0.232. The monoisotopic (exact) mass is 330 g/mol. The van der Waals surface area contributed by atoms with E-state index in [0.29, 0.717) is 0 Å². The molecule has 25 heavy (non-hydrogen) atoms. The van der Waals surface area contributed by atoms with Gasteiger partial charge >= 0.3 is 0 Å².